The number of barbiturate groups is 1. The number of carbonyl (C=O) groups excluding carboxylic acids is 3. The fourth-order valence-corrected chi connectivity index (χ4v) is 1.16. The summed E-state index contributed by atoms with van der Waals surface area (Å²) in [5, 5.41) is 11.4. The summed E-state index contributed by atoms with van der Waals surface area (Å²) in [6.45, 7) is 0. The van der Waals surface area contributed by atoms with Gasteiger partial charge in [0.2, 0.25) is 5.54 Å². The molecule has 0 aromatic rings. The fourth-order valence-electron chi connectivity index (χ4n) is 1.16. The van der Waals surface area contributed by atoms with Crippen LogP contribution in [0.5, 0.6) is 0 Å². The molecule has 0 bridgehead atoms. The molecule has 7 nitrogen and oxygen atoms in total. The lowest BCUT2D eigenvalue weighted by Gasteiger charge is -2.32. The van der Waals surface area contributed by atoms with Crippen LogP contribution < -0.4 is 16.1 Å². The first kappa shape index (κ1) is 12.4. The number of urea groups is 1. The highest BCUT2D eigenvalue weighted by Crippen LogP contribution is 2.28. The summed E-state index contributed by atoms with van der Waals surface area (Å²) < 4.78 is 36.4. The second-order valence-corrected chi connectivity index (χ2v) is 3.05. The lowest BCUT2D eigenvalue weighted by atomic mass is 9.92. The lowest BCUT2D eigenvalue weighted by molar-refractivity contribution is -0.176. The predicted octanol–water partition coefficient (Wildman–Crippen LogP) is -0.978. The van der Waals surface area contributed by atoms with Gasteiger partial charge in [0.05, 0.1) is 6.42 Å². The van der Waals surface area contributed by atoms with Crippen molar-refractivity contribution in [2.24, 2.45) is 0 Å². The van der Waals surface area contributed by atoms with Crippen LogP contribution in [-0.4, -0.2) is 34.8 Å². The maximum atomic E-state index is 12.1. The average molecular weight is 241 g/mol. The van der Waals surface area contributed by atoms with Crippen molar-refractivity contribution in [3.63, 3.8) is 0 Å². The molecule has 1 rings (SSSR count). The Balaban J connectivity index is 3.06. The highest BCUT2D eigenvalue weighted by atomic mass is 19.4. The molecule has 90 valence electrons. The lowest BCUT2D eigenvalue weighted by Crippen LogP contribution is -2.72. The van der Waals surface area contributed by atoms with Gasteiger partial charge in [0.1, 0.15) is 0 Å². The van der Waals surface area contributed by atoms with Gasteiger partial charge in [-0.1, -0.05) is 0 Å². The molecule has 1 saturated heterocycles. The smallest absolute Gasteiger partial charge is 0.315 e. The molecule has 4 N–H and O–H groups in total. The zero-order chi connectivity index (χ0) is 12.6. The number of imide groups is 2. The van der Waals surface area contributed by atoms with Crippen LogP contribution in [0.25, 0.3) is 0 Å². The van der Waals surface area contributed by atoms with Crippen molar-refractivity contribution in [2.75, 3.05) is 0 Å². The largest absolute Gasteiger partial charge is 0.392 e. The van der Waals surface area contributed by atoms with Crippen molar-refractivity contribution in [1.82, 2.24) is 16.1 Å². The number of nitrogens with one attached hydrogen (secondary N) is 3. The van der Waals surface area contributed by atoms with Gasteiger partial charge in [0.15, 0.2) is 0 Å². The molecule has 0 aliphatic carbocycles. The molecular weight excluding hydrogens is 235 g/mol. The predicted molar refractivity (Wildman–Crippen MR) is 40.0 cm³/mol. The molecule has 4 amide bonds. The van der Waals surface area contributed by atoms with Crippen LogP contribution in [0.3, 0.4) is 0 Å². The van der Waals surface area contributed by atoms with Crippen LogP contribution >= 0.6 is 0 Å². The summed E-state index contributed by atoms with van der Waals surface area (Å²) in [5.41, 5.74) is -1.94. The van der Waals surface area contributed by atoms with E-state index in [1.54, 1.807) is 0 Å². The van der Waals surface area contributed by atoms with Gasteiger partial charge in [-0.25, -0.2) is 4.79 Å². The molecule has 10 heteroatoms. The van der Waals surface area contributed by atoms with E-state index in [0.29, 0.717) is 0 Å². The number of hydrogen-bond acceptors (Lipinski definition) is 5. The first-order chi connectivity index (χ1) is 7.21. The van der Waals surface area contributed by atoms with Crippen molar-refractivity contribution < 1.29 is 32.8 Å². The number of amides is 4. The van der Waals surface area contributed by atoms with Crippen molar-refractivity contribution in [3.05, 3.63) is 0 Å². The third-order valence-corrected chi connectivity index (χ3v) is 1.89. The molecule has 0 saturated carbocycles. The summed E-state index contributed by atoms with van der Waals surface area (Å²) in [6, 6.07) is -1.25. The quantitative estimate of drug-likeness (QED) is 0.367. The van der Waals surface area contributed by atoms with Crippen LogP contribution in [0, 0.1) is 0 Å². The molecule has 1 heterocycles. The van der Waals surface area contributed by atoms with Crippen LogP contribution in [-0.2, 0) is 9.59 Å². The molecule has 0 radical (unpaired) electrons. The van der Waals surface area contributed by atoms with Gasteiger partial charge in [0, 0.05) is 0 Å². The second kappa shape index (κ2) is 3.72. The van der Waals surface area contributed by atoms with E-state index in [9.17, 15) is 27.6 Å². The zero-order valence-corrected chi connectivity index (χ0v) is 7.51. The van der Waals surface area contributed by atoms with Gasteiger partial charge in [-0.2, -0.15) is 18.7 Å². The van der Waals surface area contributed by atoms with Crippen LogP contribution in [0.15, 0.2) is 0 Å². The Morgan fingerprint density at radius 1 is 1.19 bits per heavy atom. The van der Waals surface area contributed by atoms with Crippen molar-refractivity contribution in [1.29, 1.82) is 0 Å². The topological polar surface area (TPSA) is 108 Å². The van der Waals surface area contributed by atoms with E-state index in [2.05, 4.69) is 0 Å². The molecular formula is C6H6F3N3O4. The van der Waals surface area contributed by atoms with E-state index in [-0.39, 0.29) is 0 Å². The molecule has 1 fully saturated rings. The minimum atomic E-state index is -4.88. The Bertz CT molecular complexity index is 333. The van der Waals surface area contributed by atoms with E-state index in [4.69, 9.17) is 5.21 Å². The maximum Gasteiger partial charge on any atom is 0.392 e. The molecule has 0 atom stereocenters. The molecule has 0 spiro atoms. The number of hydroxylamine groups is 1. The van der Waals surface area contributed by atoms with Crippen LogP contribution in [0.4, 0.5) is 18.0 Å². The van der Waals surface area contributed by atoms with Crippen molar-refractivity contribution >= 4 is 17.8 Å². The van der Waals surface area contributed by atoms with Crippen molar-refractivity contribution in [3.8, 4) is 0 Å². The minimum Gasteiger partial charge on any atom is -0.315 e. The standard InChI is InChI=1S/C6H6F3N3O4/c7-6(8,9)1-5(12-16)2(13)10-4(15)11-3(5)14/h12,16H,1H2,(H2,10,11,13,14,15). The molecule has 16 heavy (non-hydrogen) atoms. The number of alkyl halides is 3. The first-order valence-corrected chi connectivity index (χ1v) is 3.86. The average Bonchev–Trinajstić information content (AvgIpc) is 2.09. The SMILES string of the molecule is O=C1NC(=O)C(CC(F)(F)F)(NO)C(=O)N1. The molecule has 1 aliphatic heterocycles. The van der Waals surface area contributed by atoms with E-state index in [0.717, 1.165) is 5.48 Å². The summed E-state index contributed by atoms with van der Waals surface area (Å²) in [6.07, 6.45) is -6.83. The number of hydrogen-bond donors (Lipinski definition) is 4. The summed E-state index contributed by atoms with van der Waals surface area (Å²) in [5.74, 6) is -3.14. The Morgan fingerprint density at radius 3 is 1.94 bits per heavy atom. The monoisotopic (exact) mass is 241 g/mol. The van der Waals surface area contributed by atoms with E-state index >= 15 is 0 Å². The van der Waals surface area contributed by atoms with Gasteiger partial charge in [-0.3, -0.25) is 20.2 Å². The van der Waals surface area contributed by atoms with Gasteiger partial charge < -0.3 is 5.21 Å². The fraction of sp³-hybridized carbons (Fsp3) is 0.500. The first-order valence-electron chi connectivity index (χ1n) is 3.86. The number of carbonyl (C=O) groups is 3. The van der Waals surface area contributed by atoms with Gasteiger partial charge in [0.25, 0.3) is 11.8 Å². The highest BCUT2D eigenvalue weighted by molar-refractivity contribution is 6.22. The Labute approximate surface area is 85.9 Å². The van der Waals surface area contributed by atoms with E-state index < -0.39 is 36.0 Å². The number of rotatable bonds is 2. The number of halogens is 3. The Hall–Kier alpha value is -1.68. The minimum absolute atomic E-state index is 0.998. The zero-order valence-electron chi connectivity index (χ0n) is 7.51. The molecule has 0 aromatic carbocycles. The van der Waals surface area contributed by atoms with E-state index in [1.165, 1.54) is 10.6 Å². The van der Waals surface area contributed by atoms with Crippen LogP contribution in [0.2, 0.25) is 0 Å². The van der Waals surface area contributed by atoms with Gasteiger partial charge in [-0.05, 0) is 0 Å². The molecule has 0 aromatic heterocycles. The third kappa shape index (κ3) is 2.12. The van der Waals surface area contributed by atoms with Crippen molar-refractivity contribution in [2.45, 2.75) is 18.1 Å². The summed E-state index contributed by atoms with van der Waals surface area (Å²) in [4.78, 5) is 32.9. The third-order valence-electron chi connectivity index (χ3n) is 1.89. The molecule has 1 aliphatic rings. The maximum absolute atomic E-state index is 12.1. The van der Waals surface area contributed by atoms with Gasteiger partial charge >= 0.3 is 12.2 Å². The summed E-state index contributed by atoms with van der Waals surface area (Å²) >= 11 is 0. The van der Waals surface area contributed by atoms with Crippen LogP contribution in [0.1, 0.15) is 6.42 Å². The van der Waals surface area contributed by atoms with E-state index in [1.807, 2.05) is 0 Å². The Morgan fingerprint density at radius 2 is 1.62 bits per heavy atom. The van der Waals surface area contributed by atoms with Gasteiger partial charge in [-0.15, -0.1) is 0 Å². The highest BCUT2D eigenvalue weighted by Gasteiger charge is 2.56. The normalized spacial score (nSPS) is 20.4. The molecule has 0 unspecified atom stereocenters. The Kier molecular flexibility index (Phi) is 2.88. The second-order valence-electron chi connectivity index (χ2n) is 3.05. The summed E-state index contributed by atoms with van der Waals surface area (Å²) in [7, 11) is 0.